The lowest BCUT2D eigenvalue weighted by Crippen LogP contribution is -2.27. The van der Waals surface area contributed by atoms with Crippen molar-refractivity contribution in [1.82, 2.24) is 9.55 Å². The van der Waals surface area contributed by atoms with Crippen molar-refractivity contribution in [3.05, 3.63) is 63.8 Å². The minimum Gasteiger partial charge on any atom is -0.506 e. The minimum absolute atomic E-state index is 0.0282. The summed E-state index contributed by atoms with van der Waals surface area (Å²) in [6.07, 6.45) is 1.38. The number of thiophene rings is 2. The average molecular weight is 383 g/mol. The molecule has 0 aliphatic rings. The van der Waals surface area contributed by atoms with E-state index < -0.39 is 5.91 Å². The Balaban J connectivity index is 1.66. The number of carbonyl (C=O) groups is 1. The second-order valence-corrected chi connectivity index (χ2v) is 7.36. The van der Waals surface area contributed by atoms with Crippen LogP contribution in [0.1, 0.15) is 0 Å². The molecule has 6 nitrogen and oxygen atoms in total. The maximum atomic E-state index is 12.9. The minimum atomic E-state index is -0.414. The summed E-state index contributed by atoms with van der Waals surface area (Å²) in [6, 6.07) is 10.3. The normalized spacial score (nSPS) is 10.9. The fraction of sp³-hybridized carbons (Fsp3) is 0.0556. The lowest BCUT2D eigenvalue weighted by atomic mass is 10.2. The van der Waals surface area contributed by atoms with E-state index in [9.17, 15) is 14.7 Å². The van der Waals surface area contributed by atoms with Crippen molar-refractivity contribution in [2.45, 2.75) is 6.54 Å². The highest BCUT2D eigenvalue weighted by molar-refractivity contribution is 7.18. The van der Waals surface area contributed by atoms with Crippen molar-refractivity contribution in [3.63, 3.8) is 0 Å². The number of carbonyl (C=O) groups excluding carboxylic acids is 1. The Kier molecular flexibility index (Phi) is 4.27. The number of benzene rings is 1. The van der Waals surface area contributed by atoms with Gasteiger partial charge in [0, 0.05) is 15.8 Å². The number of para-hydroxylation sites is 2. The average Bonchev–Trinajstić information content (AvgIpc) is 3.29. The number of rotatable bonds is 4. The third-order valence-corrected chi connectivity index (χ3v) is 5.63. The zero-order chi connectivity index (χ0) is 18.1. The largest absolute Gasteiger partial charge is 0.506 e. The van der Waals surface area contributed by atoms with Crippen LogP contribution in [0, 0.1) is 0 Å². The number of nitrogens with zero attached hydrogens (tertiary/aromatic N) is 2. The zero-order valence-electron chi connectivity index (χ0n) is 13.4. The van der Waals surface area contributed by atoms with Gasteiger partial charge in [0.15, 0.2) is 0 Å². The number of phenols is 1. The van der Waals surface area contributed by atoms with Gasteiger partial charge in [0.25, 0.3) is 5.56 Å². The van der Waals surface area contributed by atoms with Gasteiger partial charge in [-0.3, -0.25) is 14.2 Å². The second kappa shape index (κ2) is 6.74. The molecule has 2 N–H and O–H groups in total. The number of hydrogen-bond acceptors (Lipinski definition) is 6. The smallest absolute Gasteiger partial charge is 0.263 e. The van der Waals surface area contributed by atoms with Gasteiger partial charge in [-0.15, -0.1) is 22.7 Å². The van der Waals surface area contributed by atoms with Crippen LogP contribution in [-0.2, 0) is 11.3 Å². The standard InChI is InChI=1S/C18H13N3O3S2/c22-13-5-2-1-4-12(13)20-15(23)8-21-10-19-17-16(18(21)24)11(9-26-17)14-6-3-7-25-14/h1-7,9-10,22H,8H2,(H,20,23). The van der Waals surface area contributed by atoms with Gasteiger partial charge in [0.1, 0.15) is 17.1 Å². The summed E-state index contributed by atoms with van der Waals surface area (Å²) in [5.74, 6) is -0.442. The summed E-state index contributed by atoms with van der Waals surface area (Å²) >= 11 is 2.96. The van der Waals surface area contributed by atoms with Crippen LogP contribution in [0.4, 0.5) is 5.69 Å². The molecule has 0 atom stereocenters. The van der Waals surface area contributed by atoms with E-state index in [1.54, 1.807) is 29.5 Å². The summed E-state index contributed by atoms with van der Waals surface area (Å²) in [5, 5.41) is 16.7. The molecule has 26 heavy (non-hydrogen) atoms. The molecule has 1 amide bonds. The quantitative estimate of drug-likeness (QED) is 0.528. The molecule has 130 valence electrons. The van der Waals surface area contributed by atoms with Crippen molar-refractivity contribution in [1.29, 1.82) is 0 Å². The first kappa shape index (κ1) is 16.5. The van der Waals surface area contributed by atoms with E-state index in [-0.39, 0.29) is 17.9 Å². The lowest BCUT2D eigenvalue weighted by Gasteiger charge is -2.08. The Morgan fingerprint density at radius 2 is 2.04 bits per heavy atom. The van der Waals surface area contributed by atoms with E-state index in [1.807, 2.05) is 22.9 Å². The summed E-state index contributed by atoms with van der Waals surface area (Å²) < 4.78 is 1.28. The predicted octanol–water partition coefficient (Wildman–Crippen LogP) is 3.53. The van der Waals surface area contributed by atoms with E-state index in [0.29, 0.717) is 15.9 Å². The first-order chi connectivity index (χ1) is 12.6. The number of amides is 1. The topological polar surface area (TPSA) is 84.2 Å². The van der Waals surface area contributed by atoms with E-state index in [2.05, 4.69) is 10.3 Å². The van der Waals surface area contributed by atoms with Crippen LogP contribution >= 0.6 is 22.7 Å². The Hall–Kier alpha value is -2.97. The third kappa shape index (κ3) is 3.00. The molecule has 3 heterocycles. The molecule has 3 aromatic heterocycles. The van der Waals surface area contributed by atoms with Gasteiger partial charge in [-0.05, 0) is 23.6 Å². The zero-order valence-corrected chi connectivity index (χ0v) is 15.0. The predicted molar refractivity (Wildman–Crippen MR) is 104 cm³/mol. The van der Waals surface area contributed by atoms with E-state index >= 15 is 0 Å². The molecule has 0 bridgehead atoms. The van der Waals surface area contributed by atoms with Gasteiger partial charge in [-0.25, -0.2) is 4.98 Å². The lowest BCUT2D eigenvalue weighted by molar-refractivity contribution is -0.116. The number of fused-ring (bicyclic) bond motifs is 1. The number of aromatic nitrogens is 2. The highest BCUT2D eigenvalue weighted by atomic mass is 32.1. The fourth-order valence-electron chi connectivity index (χ4n) is 2.62. The van der Waals surface area contributed by atoms with Gasteiger partial charge in [0.2, 0.25) is 5.91 Å². The molecule has 0 unspecified atom stereocenters. The number of aromatic hydroxyl groups is 1. The molecule has 0 saturated carbocycles. The van der Waals surface area contributed by atoms with Crippen LogP contribution in [0.5, 0.6) is 5.75 Å². The Morgan fingerprint density at radius 3 is 2.81 bits per heavy atom. The van der Waals surface area contributed by atoms with E-state index in [4.69, 9.17) is 0 Å². The van der Waals surface area contributed by atoms with Crippen LogP contribution < -0.4 is 10.9 Å². The number of hydrogen-bond donors (Lipinski definition) is 2. The molecule has 4 rings (SSSR count). The molecule has 1 aromatic carbocycles. The highest BCUT2D eigenvalue weighted by Crippen LogP contribution is 2.33. The van der Waals surface area contributed by atoms with Crippen LogP contribution in [0.3, 0.4) is 0 Å². The van der Waals surface area contributed by atoms with Crippen molar-refractivity contribution >= 4 is 44.5 Å². The molecule has 0 saturated heterocycles. The van der Waals surface area contributed by atoms with Crippen LogP contribution in [0.25, 0.3) is 20.7 Å². The van der Waals surface area contributed by atoms with E-state index in [1.165, 1.54) is 28.3 Å². The Labute approximate surface area is 156 Å². The third-order valence-electron chi connectivity index (χ3n) is 3.84. The van der Waals surface area contributed by atoms with Gasteiger partial charge >= 0.3 is 0 Å². The first-order valence-electron chi connectivity index (χ1n) is 7.72. The molecule has 0 fully saturated rings. The van der Waals surface area contributed by atoms with Gasteiger partial charge in [0.05, 0.1) is 17.4 Å². The molecule has 0 spiro atoms. The van der Waals surface area contributed by atoms with Crippen molar-refractivity contribution in [2.24, 2.45) is 0 Å². The summed E-state index contributed by atoms with van der Waals surface area (Å²) in [7, 11) is 0. The molecular weight excluding hydrogens is 370 g/mol. The van der Waals surface area contributed by atoms with Crippen molar-refractivity contribution in [3.8, 4) is 16.2 Å². The Morgan fingerprint density at radius 1 is 1.19 bits per heavy atom. The van der Waals surface area contributed by atoms with Crippen LogP contribution in [-0.4, -0.2) is 20.6 Å². The first-order valence-corrected chi connectivity index (χ1v) is 9.48. The van der Waals surface area contributed by atoms with Gasteiger partial charge in [-0.2, -0.15) is 0 Å². The molecule has 0 aliphatic carbocycles. The molecule has 0 radical (unpaired) electrons. The van der Waals surface area contributed by atoms with Crippen LogP contribution in [0.2, 0.25) is 0 Å². The van der Waals surface area contributed by atoms with Crippen LogP contribution in [0.15, 0.2) is 58.3 Å². The maximum Gasteiger partial charge on any atom is 0.263 e. The Bertz CT molecular complexity index is 1150. The highest BCUT2D eigenvalue weighted by Gasteiger charge is 2.15. The van der Waals surface area contributed by atoms with Crippen molar-refractivity contribution < 1.29 is 9.90 Å². The number of nitrogens with one attached hydrogen (secondary N) is 1. The summed E-state index contributed by atoms with van der Waals surface area (Å²) in [4.78, 5) is 31.1. The molecule has 4 aromatic rings. The van der Waals surface area contributed by atoms with E-state index in [0.717, 1.165) is 10.4 Å². The SMILES string of the molecule is O=C(Cn1cnc2scc(-c3cccs3)c2c1=O)Nc1ccccc1O. The fourth-order valence-corrected chi connectivity index (χ4v) is 4.34. The maximum absolute atomic E-state index is 12.9. The van der Waals surface area contributed by atoms with Crippen molar-refractivity contribution in [2.75, 3.05) is 5.32 Å². The molecule has 8 heteroatoms. The van der Waals surface area contributed by atoms with Gasteiger partial charge < -0.3 is 10.4 Å². The second-order valence-electron chi connectivity index (χ2n) is 5.55. The summed E-state index contributed by atoms with van der Waals surface area (Å²) in [6.45, 7) is -0.185. The summed E-state index contributed by atoms with van der Waals surface area (Å²) in [5.41, 5.74) is 0.884. The monoisotopic (exact) mass is 383 g/mol. The van der Waals surface area contributed by atoms with Gasteiger partial charge in [-0.1, -0.05) is 18.2 Å². The molecular formula is C18H13N3O3S2. The number of anilines is 1. The number of phenolic OH excluding ortho intramolecular Hbond substituents is 1. The molecule has 0 aliphatic heterocycles.